The number of hydrogen-bond acceptors (Lipinski definition) is 2. The standard InChI is InChI=1S/C18H21NO2/c1-12-3-4-13(2)17(9-12)16(11-19)10-14-5-7-15(8-6-14)18(20)21/h3-9,16H,10-11,19H2,1-2H3,(H,20,21). The van der Waals surface area contributed by atoms with Gasteiger partial charge in [-0.25, -0.2) is 4.79 Å². The van der Waals surface area contributed by atoms with E-state index in [2.05, 4.69) is 32.0 Å². The third kappa shape index (κ3) is 3.70. The first-order valence-corrected chi connectivity index (χ1v) is 7.10. The molecule has 2 aromatic rings. The van der Waals surface area contributed by atoms with Gasteiger partial charge in [0.15, 0.2) is 0 Å². The molecule has 3 heteroatoms. The molecule has 0 aromatic heterocycles. The van der Waals surface area contributed by atoms with Crippen molar-refractivity contribution in [1.29, 1.82) is 0 Å². The van der Waals surface area contributed by atoms with Crippen molar-refractivity contribution >= 4 is 5.97 Å². The number of aryl methyl sites for hydroxylation is 2. The van der Waals surface area contributed by atoms with Crippen LogP contribution in [0.4, 0.5) is 0 Å². The molecule has 0 aliphatic carbocycles. The zero-order chi connectivity index (χ0) is 15.4. The molecule has 0 saturated heterocycles. The molecule has 21 heavy (non-hydrogen) atoms. The molecule has 3 nitrogen and oxygen atoms in total. The van der Waals surface area contributed by atoms with Gasteiger partial charge in [-0.1, -0.05) is 35.9 Å². The fourth-order valence-electron chi connectivity index (χ4n) is 2.59. The van der Waals surface area contributed by atoms with Gasteiger partial charge in [-0.3, -0.25) is 0 Å². The van der Waals surface area contributed by atoms with Crippen LogP contribution in [-0.4, -0.2) is 17.6 Å². The smallest absolute Gasteiger partial charge is 0.335 e. The van der Waals surface area contributed by atoms with Crippen LogP contribution in [0.15, 0.2) is 42.5 Å². The maximum atomic E-state index is 10.9. The minimum absolute atomic E-state index is 0.251. The Hall–Kier alpha value is -2.13. The number of benzene rings is 2. The van der Waals surface area contributed by atoms with Crippen LogP contribution in [0.25, 0.3) is 0 Å². The molecule has 0 aliphatic heterocycles. The van der Waals surface area contributed by atoms with Crippen molar-refractivity contribution in [3.63, 3.8) is 0 Å². The van der Waals surface area contributed by atoms with E-state index in [0.717, 1.165) is 12.0 Å². The fraction of sp³-hybridized carbons (Fsp3) is 0.278. The van der Waals surface area contributed by atoms with E-state index in [4.69, 9.17) is 10.8 Å². The summed E-state index contributed by atoms with van der Waals surface area (Å²) in [5.74, 6) is -0.646. The van der Waals surface area contributed by atoms with Crippen molar-refractivity contribution in [2.24, 2.45) is 5.73 Å². The van der Waals surface area contributed by atoms with Crippen molar-refractivity contribution in [2.75, 3.05) is 6.54 Å². The Labute approximate surface area is 125 Å². The van der Waals surface area contributed by atoms with Crippen molar-refractivity contribution in [3.05, 3.63) is 70.3 Å². The Bertz CT molecular complexity index is 632. The SMILES string of the molecule is Cc1ccc(C)c(C(CN)Cc2ccc(C(=O)O)cc2)c1. The van der Waals surface area contributed by atoms with Crippen molar-refractivity contribution in [2.45, 2.75) is 26.2 Å². The van der Waals surface area contributed by atoms with Crippen LogP contribution in [0, 0.1) is 13.8 Å². The normalized spacial score (nSPS) is 12.1. The van der Waals surface area contributed by atoms with Gasteiger partial charge in [0.2, 0.25) is 0 Å². The fourth-order valence-corrected chi connectivity index (χ4v) is 2.59. The summed E-state index contributed by atoms with van der Waals surface area (Å²) in [5, 5.41) is 8.93. The average molecular weight is 283 g/mol. The molecule has 2 aromatic carbocycles. The first-order valence-electron chi connectivity index (χ1n) is 7.10. The minimum Gasteiger partial charge on any atom is -0.478 e. The van der Waals surface area contributed by atoms with Crippen LogP contribution in [0.3, 0.4) is 0 Å². The summed E-state index contributed by atoms with van der Waals surface area (Å²) in [4.78, 5) is 10.9. The molecule has 0 bridgehead atoms. The van der Waals surface area contributed by atoms with Crippen molar-refractivity contribution in [1.82, 2.24) is 0 Å². The third-order valence-corrected chi connectivity index (χ3v) is 3.84. The topological polar surface area (TPSA) is 63.3 Å². The Morgan fingerprint density at radius 1 is 1.14 bits per heavy atom. The van der Waals surface area contributed by atoms with Gasteiger partial charge in [0.1, 0.15) is 0 Å². The van der Waals surface area contributed by atoms with Gasteiger partial charge < -0.3 is 10.8 Å². The molecule has 0 aliphatic rings. The van der Waals surface area contributed by atoms with Crippen molar-refractivity contribution in [3.8, 4) is 0 Å². The monoisotopic (exact) mass is 283 g/mol. The van der Waals surface area contributed by atoms with E-state index in [9.17, 15) is 4.79 Å². The molecule has 0 saturated carbocycles. The first kappa shape index (κ1) is 15.3. The molecular weight excluding hydrogens is 262 g/mol. The van der Waals surface area contributed by atoms with Crippen LogP contribution >= 0.6 is 0 Å². The lowest BCUT2D eigenvalue weighted by Gasteiger charge is -2.18. The Kier molecular flexibility index (Phi) is 4.76. The summed E-state index contributed by atoms with van der Waals surface area (Å²) in [6.45, 7) is 4.76. The second-order valence-corrected chi connectivity index (χ2v) is 5.50. The van der Waals surface area contributed by atoms with E-state index in [0.29, 0.717) is 12.1 Å². The predicted molar refractivity (Wildman–Crippen MR) is 84.8 cm³/mol. The highest BCUT2D eigenvalue weighted by Crippen LogP contribution is 2.24. The number of nitrogens with two attached hydrogens (primary N) is 1. The highest BCUT2D eigenvalue weighted by atomic mass is 16.4. The summed E-state index contributed by atoms with van der Waals surface area (Å²) < 4.78 is 0. The summed E-state index contributed by atoms with van der Waals surface area (Å²) in [7, 11) is 0. The molecule has 3 N–H and O–H groups in total. The highest BCUT2D eigenvalue weighted by Gasteiger charge is 2.14. The van der Waals surface area contributed by atoms with Crippen LogP contribution in [0.5, 0.6) is 0 Å². The van der Waals surface area contributed by atoms with Crippen LogP contribution < -0.4 is 5.73 Å². The molecule has 2 rings (SSSR count). The van der Waals surface area contributed by atoms with Gasteiger partial charge in [-0.05, 0) is 55.6 Å². The van der Waals surface area contributed by atoms with E-state index in [-0.39, 0.29) is 5.92 Å². The average Bonchev–Trinajstić information content (AvgIpc) is 2.48. The molecule has 0 fully saturated rings. The van der Waals surface area contributed by atoms with Gasteiger partial charge >= 0.3 is 5.97 Å². The van der Waals surface area contributed by atoms with Crippen LogP contribution in [-0.2, 0) is 6.42 Å². The van der Waals surface area contributed by atoms with Crippen molar-refractivity contribution < 1.29 is 9.90 Å². The maximum absolute atomic E-state index is 10.9. The Balaban J connectivity index is 2.22. The zero-order valence-corrected chi connectivity index (χ0v) is 12.5. The lowest BCUT2D eigenvalue weighted by atomic mass is 9.88. The van der Waals surface area contributed by atoms with Gasteiger partial charge in [0.25, 0.3) is 0 Å². The lowest BCUT2D eigenvalue weighted by molar-refractivity contribution is 0.0697. The van der Waals surface area contributed by atoms with E-state index in [1.807, 2.05) is 12.1 Å². The van der Waals surface area contributed by atoms with E-state index in [1.54, 1.807) is 12.1 Å². The minimum atomic E-state index is -0.897. The maximum Gasteiger partial charge on any atom is 0.335 e. The second kappa shape index (κ2) is 6.55. The van der Waals surface area contributed by atoms with E-state index < -0.39 is 5.97 Å². The molecule has 110 valence electrons. The quantitative estimate of drug-likeness (QED) is 0.885. The molecule has 0 amide bonds. The van der Waals surface area contributed by atoms with E-state index in [1.165, 1.54) is 16.7 Å². The van der Waals surface area contributed by atoms with Gasteiger partial charge in [-0.15, -0.1) is 0 Å². The second-order valence-electron chi connectivity index (χ2n) is 5.50. The predicted octanol–water partition coefficient (Wildman–Crippen LogP) is 3.29. The molecule has 0 spiro atoms. The third-order valence-electron chi connectivity index (χ3n) is 3.84. The number of hydrogen-bond donors (Lipinski definition) is 2. The molecule has 1 unspecified atom stereocenters. The van der Waals surface area contributed by atoms with Gasteiger partial charge in [0.05, 0.1) is 5.56 Å². The number of carbonyl (C=O) groups is 1. The van der Waals surface area contributed by atoms with E-state index >= 15 is 0 Å². The molecule has 1 atom stereocenters. The zero-order valence-electron chi connectivity index (χ0n) is 12.5. The van der Waals surface area contributed by atoms with Crippen LogP contribution in [0.2, 0.25) is 0 Å². The number of rotatable bonds is 5. The van der Waals surface area contributed by atoms with Gasteiger partial charge in [0, 0.05) is 5.92 Å². The summed E-state index contributed by atoms with van der Waals surface area (Å²) in [6, 6.07) is 13.5. The van der Waals surface area contributed by atoms with Gasteiger partial charge in [-0.2, -0.15) is 0 Å². The Morgan fingerprint density at radius 3 is 2.38 bits per heavy atom. The summed E-state index contributed by atoms with van der Waals surface area (Å²) >= 11 is 0. The molecule has 0 radical (unpaired) electrons. The number of aromatic carboxylic acids is 1. The summed E-state index contributed by atoms with van der Waals surface area (Å²) in [5.41, 5.74) is 11.1. The molecule has 0 heterocycles. The number of carboxylic acids is 1. The Morgan fingerprint density at radius 2 is 1.81 bits per heavy atom. The lowest BCUT2D eigenvalue weighted by Crippen LogP contribution is -2.16. The highest BCUT2D eigenvalue weighted by molar-refractivity contribution is 5.87. The largest absolute Gasteiger partial charge is 0.478 e. The van der Waals surface area contributed by atoms with Crippen LogP contribution in [0.1, 0.15) is 38.5 Å². The number of carboxylic acid groups (broad SMARTS) is 1. The first-order chi connectivity index (χ1) is 10.0. The summed E-state index contributed by atoms with van der Waals surface area (Å²) in [6.07, 6.45) is 0.820. The molecular formula is C18H21NO2.